The van der Waals surface area contributed by atoms with Crippen LogP contribution in [-0.4, -0.2) is 30.2 Å². The van der Waals surface area contributed by atoms with E-state index in [9.17, 15) is 38.2 Å². The molecular weight excluding hydrogens is 484 g/mol. The fourth-order valence-corrected chi connectivity index (χ4v) is 4.55. The number of hydrogen-bond acceptors (Lipinski definition) is 10. The molecule has 0 saturated carbocycles. The topological polar surface area (TPSA) is 173 Å². The van der Waals surface area contributed by atoms with Crippen LogP contribution in [0.2, 0.25) is 0 Å². The predicted octanol–water partition coefficient (Wildman–Crippen LogP) is 4.03. The Hall–Kier alpha value is -3.87. The summed E-state index contributed by atoms with van der Waals surface area (Å²) in [5.41, 5.74) is -0.967. The summed E-state index contributed by atoms with van der Waals surface area (Å²) in [6.45, 7) is 3.48. The zero-order chi connectivity index (χ0) is 26.2. The van der Waals surface area contributed by atoms with Crippen molar-refractivity contribution in [3.8, 4) is 11.5 Å². The molecule has 2 aromatic carbocycles. The maximum atomic E-state index is 12.7. The molecule has 13 heteroatoms. The van der Waals surface area contributed by atoms with E-state index in [1.807, 2.05) is 0 Å². The van der Waals surface area contributed by atoms with Gasteiger partial charge >= 0.3 is 23.3 Å². The second-order valence-electron chi connectivity index (χ2n) is 7.60. The van der Waals surface area contributed by atoms with Crippen LogP contribution in [0.15, 0.2) is 36.4 Å². The van der Waals surface area contributed by atoms with Crippen LogP contribution in [0.5, 0.6) is 11.5 Å². The molecule has 0 saturated heterocycles. The Morgan fingerprint density at radius 1 is 0.771 bits per heavy atom. The number of carbonyl (C=O) groups is 2. The molecule has 0 heterocycles. The van der Waals surface area contributed by atoms with Crippen molar-refractivity contribution in [2.75, 3.05) is 0 Å². The largest absolute Gasteiger partial charge is 0.419 e. The fraction of sp³-hybridized carbons (Fsp3) is 0.364. The van der Waals surface area contributed by atoms with Crippen LogP contribution in [0.3, 0.4) is 0 Å². The van der Waals surface area contributed by atoms with E-state index in [1.165, 1.54) is 12.1 Å². The van der Waals surface area contributed by atoms with Crippen molar-refractivity contribution < 1.29 is 37.3 Å². The number of sulfone groups is 1. The van der Waals surface area contributed by atoms with Crippen LogP contribution >= 0.6 is 0 Å². The summed E-state index contributed by atoms with van der Waals surface area (Å²) < 4.78 is 35.4. The molecule has 0 aromatic heterocycles. The first-order chi connectivity index (χ1) is 16.5. The highest BCUT2D eigenvalue weighted by Gasteiger charge is 2.24. The molecule has 0 amide bonds. The van der Waals surface area contributed by atoms with Gasteiger partial charge in [-0.3, -0.25) is 29.8 Å². The first kappa shape index (κ1) is 27.4. The minimum atomic E-state index is -3.92. The van der Waals surface area contributed by atoms with Crippen molar-refractivity contribution >= 4 is 33.2 Å². The standard InChI is InChI=1S/C22H24N2O10S/c1-3-5-21(25)33-19-9-7-15(11-17(19)23(27)28)13-35(31,32)14-16-8-10-20(18(12-16)24(29)30)34-22(26)6-4-2/h7-12H,3-6,13-14H2,1-2H3. The number of nitro benzene ring substituents is 2. The van der Waals surface area contributed by atoms with Gasteiger partial charge in [0.15, 0.2) is 9.84 Å². The molecule has 0 bridgehead atoms. The summed E-state index contributed by atoms with van der Waals surface area (Å²) in [5.74, 6) is -3.09. The monoisotopic (exact) mass is 508 g/mol. The second kappa shape index (κ2) is 12.0. The van der Waals surface area contributed by atoms with Crippen molar-refractivity contribution in [1.82, 2.24) is 0 Å². The lowest BCUT2D eigenvalue weighted by atomic mass is 10.2. The number of ether oxygens (including phenoxy) is 2. The first-order valence-corrected chi connectivity index (χ1v) is 12.4. The summed E-state index contributed by atoms with van der Waals surface area (Å²) in [4.78, 5) is 44.6. The molecule has 0 radical (unpaired) electrons. The van der Waals surface area contributed by atoms with Crippen LogP contribution in [0.4, 0.5) is 11.4 Å². The van der Waals surface area contributed by atoms with Crippen LogP contribution in [0.25, 0.3) is 0 Å². The number of rotatable bonds is 12. The van der Waals surface area contributed by atoms with Gasteiger partial charge < -0.3 is 9.47 Å². The Morgan fingerprint density at radius 2 is 1.14 bits per heavy atom. The zero-order valence-electron chi connectivity index (χ0n) is 19.1. The third-order valence-corrected chi connectivity index (χ3v) is 6.12. The van der Waals surface area contributed by atoms with Gasteiger partial charge in [-0.2, -0.15) is 0 Å². The normalized spacial score (nSPS) is 11.0. The van der Waals surface area contributed by atoms with E-state index in [0.717, 1.165) is 24.3 Å². The molecule has 0 atom stereocenters. The number of hydrogen-bond donors (Lipinski definition) is 0. The molecule has 0 aliphatic heterocycles. The molecule has 12 nitrogen and oxygen atoms in total. The Balaban J connectivity index is 2.24. The van der Waals surface area contributed by atoms with Crippen molar-refractivity contribution in [3.05, 3.63) is 67.8 Å². The molecule has 0 fully saturated rings. The van der Waals surface area contributed by atoms with Gasteiger partial charge in [-0.15, -0.1) is 0 Å². The predicted molar refractivity (Wildman–Crippen MR) is 124 cm³/mol. The highest BCUT2D eigenvalue weighted by molar-refractivity contribution is 7.89. The van der Waals surface area contributed by atoms with Crippen molar-refractivity contribution in [3.63, 3.8) is 0 Å². The fourth-order valence-electron chi connectivity index (χ4n) is 3.08. The van der Waals surface area contributed by atoms with Gasteiger partial charge in [-0.1, -0.05) is 26.0 Å². The van der Waals surface area contributed by atoms with Crippen LogP contribution in [0, 0.1) is 20.2 Å². The smallest absolute Gasteiger partial charge is 0.311 e. The van der Waals surface area contributed by atoms with E-state index >= 15 is 0 Å². The summed E-state index contributed by atoms with van der Waals surface area (Å²) in [6, 6.07) is 6.90. The van der Waals surface area contributed by atoms with Gasteiger partial charge in [0.1, 0.15) is 0 Å². The van der Waals surface area contributed by atoms with Crippen LogP contribution in [0.1, 0.15) is 50.7 Å². The quantitative estimate of drug-likeness (QED) is 0.176. The Kier molecular flexibility index (Phi) is 9.40. The van der Waals surface area contributed by atoms with Gasteiger partial charge in [0.25, 0.3) is 0 Å². The average Bonchev–Trinajstić information content (AvgIpc) is 2.75. The first-order valence-electron chi connectivity index (χ1n) is 10.6. The number of nitro groups is 2. The number of benzene rings is 2. The highest BCUT2D eigenvalue weighted by Crippen LogP contribution is 2.31. The maximum Gasteiger partial charge on any atom is 0.311 e. The van der Waals surface area contributed by atoms with Gasteiger partial charge in [-0.25, -0.2) is 8.42 Å². The third-order valence-electron chi connectivity index (χ3n) is 4.57. The number of esters is 2. The number of nitrogens with zero attached hydrogens (tertiary/aromatic N) is 2. The molecule has 2 rings (SSSR count). The van der Waals surface area contributed by atoms with Crippen molar-refractivity contribution in [2.24, 2.45) is 0 Å². The lowest BCUT2D eigenvalue weighted by molar-refractivity contribution is -0.385. The van der Waals surface area contributed by atoms with Gasteiger partial charge in [0.05, 0.1) is 21.4 Å². The van der Waals surface area contributed by atoms with Crippen molar-refractivity contribution in [1.29, 1.82) is 0 Å². The molecular formula is C22H24N2O10S. The lowest BCUT2D eigenvalue weighted by Gasteiger charge is -2.09. The molecule has 0 N–H and O–H groups in total. The minimum absolute atomic E-state index is 0.0655. The molecule has 0 spiro atoms. The van der Waals surface area contributed by atoms with Gasteiger partial charge in [-0.05, 0) is 36.1 Å². The lowest BCUT2D eigenvalue weighted by Crippen LogP contribution is -2.11. The zero-order valence-corrected chi connectivity index (χ0v) is 19.9. The number of carbonyl (C=O) groups excluding carboxylic acids is 2. The minimum Gasteiger partial charge on any atom is -0.419 e. The summed E-state index contributed by atoms with van der Waals surface area (Å²) in [5, 5.41) is 22.8. The van der Waals surface area contributed by atoms with Gasteiger partial charge in [0, 0.05) is 25.0 Å². The summed E-state index contributed by atoms with van der Waals surface area (Å²) in [7, 11) is -3.92. The van der Waals surface area contributed by atoms with E-state index in [1.54, 1.807) is 13.8 Å². The Morgan fingerprint density at radius 3 is 1.46 bits per heavy atom. The summed E-state index contributed by atoms with van der Waals surface area (Å²) >= 11 is 0. The Labute approximate surface area is 201 Å². The Bertz CT molecular complexity index is 1150. The van der Waals surface area contributed by atoms with E-state index in [4.69, 9.17) is 9.47 Å². The van der Waals surface area contributed by atoms with Crippen LogP contribution < -0.4 is 9.47 Å². The van der Waals surface area contributed by atoms with Gasteiger partial charge in [0.2, 0.25) is 11.5 Å². The second-order valence-corrected chi connectivity index (χ2v) is 9.66. The van der Waals surface area contributed by atoms with Crippen molar-refractivity contribution in [2.45, 2.75) is 51.0 Å². The highest BCUT2D eigenvalue weighted by atomic mass is 32.2. The average molecular weight is 509 g/mol. The van der Waals surface area contributed by atoms with E-state index < -0.39 is 54.5 Å². The molecule has 0 aliphatic carbocycles. The van der Waals surface area contributed by atoms with Crippen LogP contribution in [-0.2, 0) is 30.9 Å². The molecule has 188 valence electrons. The molecule has 0 aliphatic rings. The molecule has 0 unspecified atom stereocenters. The SMILES string of the molecule is CCCC(=O)Oc1ccc(CS(=O)(=O)Cc2ccc(OC(=O)CCC)c([N+](=O)[O-])c2)cc1[N+](=O)[O-]. The van der Waals surface area contributed by atoms with E-state index in [2.05, 4.69) is 0 Å². The molecule has 2 aromatic rings. The van der Waals surface area contributed by atoms with E-state index in [-0.39, 0.29) is 35.5 Å². The summed E-state index contributed by atoms with van der Waals surface area (Å²) in [6.07, 6.45) is 1.11. The van der Waals surface area contributed by atoms with E-state index in [0.29, 0.717) is 12.8 Å². The maximum absolute atomic E-state index is 12.7. The third kappa shape index (κ3) is 8.14. The molecule has 35 heavy (non-hydrogen) atoms.